The fourth-order valence-corrected chi connectivity index (χ4v) is 1.94. The minimum atomic E-state index is -1.79. The van der Waals surface area contributed by atoms with E-state index in [1.165, 1.54) is 10.9 Å². The maximum Gasteiger partial charge on any atom is 0.333 e. The molecule has 8 heteroatoms. The van der Waals surface area contributed by atoms with Crippen LogP contribution >= 0.6 is 11.6 Å². The lowest BCUT2D eigenvalue weighted by Gasteiger charge is -1.97. The third kappa shape index (κ3) is 5.36. The van der Waals surface area contributed by atoms with Crippen molar-refractivity contribution in [3.05, 3.63) is 35.0 Å². The summed E-state index contributed by atoms with van der Waals surface area (Å²) in [4.78, 5) is 22.6. The summed E-state index contributed by atoms with van der Waals surface area (Å²) in [6.45, 7) is 0.666. The molecular weight excluding hydrogens is 312 g/mol. The highest BCUT2D eigenvalue weighted by atomic mass is 35.5. The van der Waals surface area contributed by atoms with Gasteiger partial charge in [-0.15, -0.1) is 0 Å². The van der Waals surface area contributed by atoms with Crippen molar-refractivity contribution in [1.29, 1.82) is 0 Å². The van der Waals surface area contributed by atoms with Crippen molar-refractivity contribution in [3.8, 4) is 0 Å². The van der Waals surface area contributed by atoms with Gasteiger partial charge >= 0.3 is 11.9 Å². The smallest absolute Gasteiger partial charge is 0.333 e. The third-order valence-corrected chi connectivity index (χ3v) is 3.03. The van der Waals surface area contributed by atoms with Crippen LogP contribution < -0.4 is 5.73 Å². The molecule has 0 amide bonds. The number of halogens is 1. The van der Waals surface area contributed by atoms with Crippen LogP contribution in [0.2, 0.25) is 5.02 Å². The maximum absolute atomic E-state index is 9.72. The van der Waals surface area contributed by atoms with Crippen molar-refractivity contribution in [1.82, 2.24) is 4.98 Å². The van der Waals surface area contributed by atoms with Gasteiger partial charge in [0.2, 0.25) is 0 Å². The van der Waals surface area contributed by atoms with Crippen LogP contribution in [0.3, 0.4) is 0 Å². The Labute approximate surface area is 131 Å². The van der Waals surface area contributed by atoms with Gasteiger partial charge in [0.25, 0.3) is 0 Å². The summed E-state index contributed by atoms with van der Waals surface area (Å²) in [5.41, 5.74) is 7.86. The van der Waals surface area contributed by atoms with Crippen LogP contribution in [0.5, 0.6) is 0 Å². The van der Waals surface area contributed by atoms with E-state index in [4.69, 9.17) is 32.7 Å². The molecule has 0 saturated heterocycles. The third-order valence-electron chi connectivity index (χ3n) is 2.80. The number of fused-ring (bicyclic) bond motifs is 1. The van der Waals surface area contributed by atoms with Crippen LogP contribution in [0.25, 0.3) is 10.9 Å². The van der Waals surface area contributed by atoms with Crippen LogP contribution in [0.1, 0.15) is 12.0 Å². The van der Waals surface area contributed by atoms with Crippen LogP contribution in [0.4, 0.5) is 0 Å². The van der Waals surface area contributed by atoms with Crippen molar-refractivity contribution in [2.24, 2.45) is 5.73 Å². The zero-order valence-electron chi connectivity index (χ0n) is 11.6. The average Bonchev–Trinajstić information content (AvgIpc) is 2.82. The molecule has 6 N–H and O–H groups in total. The first kappa shape index (κ1) is 18.0. The number of aromatic amines is 1. The number of carboxylic acid groups (broad SMARTS) is 2. The second kappa shape index (κ2) is 8.38. The SMILES string of the molecule is NCCc1c[nH]c2ccc(Cl)cc12.O=C(O)CC(O)C(=O)O. The van der Waals surface area contributed by atoms with Crippen LogP contribution in [-0.4, -0.2) is 44.9 Å². The summed E-state index contributed by atoms with van der Waals surface area (Å²) in [5.74, 6) is -2.85. The van der Waals surface area contributed by atoms with Gasteiger partial charge in [-0.3, -0.25) is 4.79 Å². The van der Waals surface area contributed by atoms with Gasteiger partial charge in [0.15, 0.2) is 6.10 Å². The number of aliphatic hydroxyl groups excluding tert-OH is 1. The van der Waals surface area contributed by atoms with Crippen molar-refractivity contribution < 1.29 is 24.9 Å². The van der Waals surface area contributed by atoms with E-state index in [0.29, 0.717) is 6.54 Å². The van der Waals surface area contributed by atoms with E-state index < -0.39 is 24.5 Å². The first-order valence-corrected chi connectivity index (χ1v) is 6.81. The van der Waals surface area contributed by atoms with Gasteiger partial charge in [-0.25, -0.2) is 4.79 Å². The quantitative estimate of drug-likeness (QED) is 0.560. The zero-order chi connectivity index (χ0) is 16.7. The largest absolute Gasteiger partial charge is 0.481 e. The van der Waals surface area contributed by atoms with E-state index >= 15 is 0 Å². The number of H-pyrrole nitrogens is 1. The Morgan fingerprint density at radius 2 is 2.00 bits per heavy atom. The number of nitrogens with two attached hydrogens (primary N) is 1. The molecule has 1 unspecified atom stereocenters. The minimum Gasteiger partial charge on any atom is -0.481 e. The second-order valence-corrected chi connectivity index (χ2v) is 4.93. The van der Waals surface area contributed by atoms with Crippen molar-refractivity contribution in [3.63, 3.8) is 0 Å². The molecule has 120 valence electrons. The van der Waals surface area contributed by atoms with Crippen LogP contribution in [0.15, 0.2) is 24.4 Å². The molecule has 1 aromatic carbocycles. The average molecular weight is 329 g/mol. The van der Waals surface area contributed by atoms with Gasteiger partial charge in [0.05, 0.1) is 6.42 Å². The first-order valence-electron chi connectivity index (χ1n) is 6.43. The molecule has 1 heterocycles. The Balaban J connectivity index is 0.000000239. The number of benzene rings is 1. The summed E-state index contributed by atoms with van der Waals surface area (Å²) in [6.07, 6.45) is 0.339. The standard InChI is InChI=1S/C10H11ClN2.C4H6O5/c11-8-1-2-10-9(5-8)7(3-4-12)6-13-10;5-2(4(8)9)1-3(6)7/h1-2,5-6,13H,3-4,12H2;2,5H,1H2,(H,6,7)(H,8,9). The van der Waals surface area contributed by atoms with Gasteiger partial charge in [-0.05, 0) is 36.7 Å². The number of aliphatic hydroxyl groups is 1. The summed E-state index contributed by atoms with van der Waals surface area (Å²) in [7, 11) is 0. The van der Waals surface area contributed by atoms with Gasteiger partial charge in [0.1, 0.15) is 0 Å². The molecule has 0 aliphatic carbocycles. The number of rotatable bonds is 5. The Hall–Kier alpha value is -2.09. The number of aliphatic carboxylic acids is 2. The highest BCUT2D eigenvalue weighted by Gasteiger charge is 2.16. The zero-order valence-corrected chi connectivity index (χ0v) is 12.4. The Bertz CT molecular complexity index is 656. The summed E-state index contributed by atoms with van der Waals surface area (Å²) < 4.78 is 0. The van der Waals surface area contributed by atoms with E-state index in [1.807, 2.05) is 24.4 Å². The first-order chi connectivity index (χ1) is 10.3. The van der Waals surface area contributed by atoms with E-state index in [1.54, 1.807) is 0 Å². The van der Waals surface area contributed by atoms with Gasteiger partial charge < -0.3 is 26.0 Å². The molecule has 0 saturated carbocycles. The summed E-state index contributed by atoms with van der Waals surface area (Å²) >= 11 is 5.90. The molecule has 0 fully saturated rings. The lowest BCUT2D eigenvalue weighted by molar-refractivity contribution is -0.152. The van der Waals surface area contributed by atoms with Gasteiger partial charge in [-0.2, -0.15) is 0 Å². The lowest BCUT2D eigenvalue weighted by Crippen LogP contribution is -2.22. The highest BCUT2D eigenvalue weighted by Crippen LogP contribution is 2.22. The molecule has 2 aromatic rings. The minimum absolute atomic E-state index is 0.666. The Kier molecular flexibility index (Phi) is 6.84. The topological polar surface area (TPSA) is 137 Å². The Morgan fingerprint density at radius 3 is 2.50 bits per heavy atom. The predicted molar refractivity (Wildman–Crippen MR) is 82.0 cm³/mol. The molecule has 1 aromatic heterocycles. The normalized spacial score (nSPS) is 11.6. The van der Waals surface area contributed by atoms with Gasteiger partial charge in [0, 0.05) is 22.1 Å². The van der Waals surface area contributed by atoms with Crippen LogP contribution in [0, 0.1) is 0 Å². The molecule has 0 aliphatic heterocycles. The van der Waals surface area contributed by atoms with Crippen molar-refractivity contribution >= 4 is 34.4 Å². The highest BCUT2D eigenvalue weighted by molar-refractivity contribution is 6.31. The molecule has 0 aliphatic rings. The van der Waals surface area contributed by atoms with E-state index in [9.17, 15) is 9.59 Å². The number of hydrogen-bond donors (Lipinski definition) is 5. The summed E-state index contributed by atoms with van der Waals surface area (Å²) in [5, 5.41) is 26.1. The Morgan fingerprint density at radius 1 is 1.32 bits per heavy atom. The maximum atomic E-state index is 9.72. The molecule has 0 radical (unpaired) electrons. The molecule has 7 nitrogen and oxygen atoms in total. The molecule has 22 heavy (non-hydrogen) atoms. The monoisotopic (exact) mass is 328 g/mol. The number of carboxylic acids is 2. The van der Waals surface area contributed by atoms with Crippen LogP contribution in [-0.2, 0) is 16.0 Å². The number of carbonyl (C=O) groups is 2. The summed E-state index contributed by atoms with van der Waals surface area (Å²) in [6, 6.07) is 5.84. The molecule has 1 atom stereocenters. The molecular formula is C14H17ClN2O5. The van der Waals surface area contributed by atoms with Gasteiger partial charge in [-0.1, -0.05) is 11.6 Å². The van der Waals surface area contributed by atoms with Crippen molar-refractivity contribution in [2.45, 2.75) is 18.9 Å². The molecule has 0 spiro atoms. The fourth-order valence-electron chi connectivity index (χ4n) is 1.77. The van der Waals surface area contributed by atoms with E-state index in [2.05, 4.69) is 4.98 Å². The second-order valence-electron chi connectivity index (χ2n) is 4.49. The number of nitrogens with one attached hydrogen (secondary N) is 1. The fraction of sp³-hybridized carbons (Fsp3) is 0.286. The van der Waals surface area contributed by atoms with E-state index in [-0.39, 0.29) is 0 Å². The predicted octanol–water partition coefficient (Wildman–Crippen LogP) is 1.23. The number of hydrogen-bond acceptors (Lipinski definition) is 4. The lowest BCUT2D eigenvalue weighted by atomic mass is 10.1. The van der Waals surface area contributed by atoms with Crippen molar-refractivity contribution in [2.75, 3.05) is 6.54 Å². The molecule has 2 rings (SSSR count). The molecule has 0 bridgehead atoms. The van der Waals surface area contributed by atoms with E-state index in [0.717, 1.165) is 17.0 Å². The number of aromatic nitrogens is 1.